The Morgan fingerprint density at radius 3 is 2.73 bits per heavy atom. The summed E-state index contributed by atoms with van der Waals surface area (Å²) in [4.78, 5) is 11.1. The molecule has 1 aromatic carbocycles. The van der Waals surface area contributed by atoms with Gasteiger partial charge in [0.15, 0.2) is 0 Å². The molecule has 8 nitrogen and oxygen atoms in total. The van der Waals surface area contributed by atoms with Crippen LogP contribution in [0.3, 0.4) is 0 Å². The molecule has 30 heavy (non-hydrogen) atoms. The quantitative estimate of drug-likeness (QED) is 0.614. The minimum absolute atomic E-state index is 0.0813. The van der Waals surface area contributed by atoms with Crippen LogP contribution in [0.15, 0.2) is 48.8 Å². The molecule has 154 valence electrons. The molecule has 0 radical (unpaired) electrons. The van der Waals surface area contributed by atoms with Crippen LogP contribution in [-0.2, 0) is 10.5 Å². The van der Waals surface area contributed by atoms with Crippen LogP contribution < -0.4 is 14.4 Å². The summed E-state index contributed by atoms with van der Waals surface area (Å²) in [5.41, 5.74) is 0.489. The van der Waals surface area contributed by atoms with E-state index < -0.39 is 10.5 Å². The Morgan fingerprint density at radius 2 is 2.00 bits per heavy atom. The molecule has 1 aliphatic rings. The van der Waals surface area contributed by atoms with E-state index in [1.807, 2.05) is 12.1 Å². The van der Waals surface area contributed by atoms with Crippen LogP contribution in [0, 0.1) is 17.2 Å². The van der Waals surface area contributed by atoms with E-state index in [9.17, 15) is 12.3 Å². The number of rotatable bonds is 5. The molecule has 0 spiro atoms. The number of fused-ring (bicyclic) bond motifs is 1. The molecule has 0 aliphatic carbocycles. The second-order valence-electron chi connectivity index (χ2n) is 6.94. The minimum Gasteiger partial charge on any atom is -0.358 e. The molecule has 0 unspecified atom stereocenters. The second kappa shape index (κ2) is 8.12. The molecular weight excluding hydrogens is 409 g/mol. The lowest BCUT2D eigenvalue weighted by atomic mass is 9.98. The van der Waals surface area contributed by atoms with Crippen molar-refractivity contribution in [3.05, 3.63) is 48.8 Å². The van der Waals surface area contributed by atoms with Crippen molar-refractivity contribution < 1.29 is 16.5 Å². The van der Waals surface area contributed by atoms with Crippen molar-refractivity contribution in [2.45, 2.75) is 12.8 Å². The summed E-state index contributed by atoms with van der Waals surface area (Å²) < 4.78 is 38.4. The molecule has 1 saturated heterocycles. The number of nitriles is 1. The maximum Gasteiger partial charge on any atom is 0.488 e. The Hall–Kier alpha value is -3.45. The molecule has 0 amide bonds. The third-order valence-electron chi connectivity index (χ3n) is 4.91. The highest BCUT2D eigenvalue weighted by Crippen LogP contribution is 2.30. The van der Waals surface area contributed by atoms with Gasteiger partial charge in [0.05, 0.1) is 6.07 Å². The van der Waals surface area contributed by atoms with Crippen LogP contribution in [0.4, 0.5) is 21.2 Å². The fourth-order valence-corrected chi connectivity index (χ4v) is 3.81. The number of hydrogen-bond donors (Lipinski definition) is 1. The summed E-state index contributed by atoms with van der Waals surface area (Å²) in [5, 5.41) is 14.0. The molecule has 4 rings (SSSR count). The van der Waals surface area contributed by atoms with Crippen LogP contribution in [-0.4, -0.2) is 31.5 Å². The lowest BCUT2D eigenvalue weighted by molar-refractivity contribution is 0.440. The van der Waals surface area contributed by atoms with Crippen molar-refractivity contribution in [1.29, 1.82) is 5.26 Å². The number of halogens is 1. The van der Waals surface area contributed by atoms with Gasteiger partial charge in [-0.1, -0.05) is 9.95 Å². The fourth-order valence-electron chi connectivity index (χ4n) is 3.48. The second-order valence-corrected chi connectivity index (χ2v) is 7.90. The van der Waals surface area contributed by atoms with Crippen molar-refractivity contribution in [2.75, 3.05) is 23.3 Å². The minimum atomic E-state index is -5.10. The lowest BCUT2D eigenvalue weighted by Gasteiger charge is -2.30. The van der Waals surface area contributed by atoms with Crippen LogP contribution in [0.2, 0.25) is 0 Å². The van der Waals surface area contributed by atoms with Gasteiger partial charge in [-0.05, 0) is 37.1 Å². The van der Waals surface area contributed by atoms with E-state index in [-0.39, 0.29) is 11.7 Å². The van der Waals surface area contributed by atoms with Crippen LogP contribution in [0.5, 0.6) is 5.75 Å². The van der Waals surface area contributed by atoms with E-state index in [1.165, 1.54) is 18.2 Å². The van der Waals surface area contributed by atoms with E-state index in [4.69, 9.17) is 5.26 Å². The van der Waals surface area contributed by atoms with Gasteiger partial charge in [-0.15, -0.1) is 0 Å². The van der Waals surface area contributed by atoms with Crippen LogP contribution in [0.1, 0.15) is 12.8 Å². The van der Waals surface area contributed by atoms with E-state index in [1.54, 1.807) is 18.5 Å². The first-order valence-electron chi connectivity index (χ1n) is 9.32. The van der Waals surface area contributed by atoms with Gasteiger partial charge in [-0.3, -0.25) is 0 Å². The van der Waals surface area contributed by atoms with Gasteiger partial charge in [0.2, 0.25) is 0 Å². The van der Waals surface area contributed by atoms with Crippen molar-refractivity contribution >= 4 is 38.6 Å². The first kappa shape index (κ1) is 19.8. The van der Waals surface area contributed by atoms with Crippen molar-refractivity contribution in [3.63, 3.8) is 0 Å². The smallest absolute Gasteiger partial charge is 0.358 e. The van der Waals surface area contributed by atoms with E-state index in [0.29, 0.717) is 11.5 Å². The van der Waals surface area contributed by atoms with Crippen molar-refractivity contribution in [3.8, 4) is 11.8 Å². The molecule has 3 heterocycles. The van der Waals surface area contributed by atoms with Gasteiger partial charge in [0.1, 0.15) is 17.4 Å². The number of pyridine rings is 2. The number of nitrogens with zero attached hydrogens (tertiary/aromatic N) is 4. The van der Waals surface area contributed by atoms with Crippen LogP contribution in [0.25, 0.3) is 10.8 Å². The molecule has 0 saturated carbocycles. The Balaban J connectivity index is 1.61. The number of nitrogens with one attached hydrogen (secondary N) is 1. The molecule has 10 heteroatoms. The third-order valence-corrected chi connectivity index (χ3v) is 5.30. The Morgan fingerprint density at radius 1 is 1.20 bits per heavy atom. The molecule has 1 aliphatic heterocycles. The monoisotopic (exact) mass is 427 g/mol. The number of benzene rings is 1. The largest absolute Gasteiger partial charge is 0.488 e. The van der Waals surface area contributed by atoms with E-state index in [2.05, 4.69) is 30.4 Å². The van der Waals surface area contributed by atoms with Gasteiger partial charge in [-0.2, -0.15) is 13.7 Å². The average Bonchev–Trinajstić information content (AvgIpc) is 2.72. The standard InChI is InChI=1S/C20H18FN5O3S/c21-30(27,28)29-17-3-1-2-16(10-17)25-19-11-18-15(13-24-19)4-7-23-20(18)26-8-5-14(12-22)6-9-26/h1-4,7,10-11,13-14H,5-6,8-9H2,(H,24,25). The molecule has 2 aromatic heterocycles. The number of hydrogen-bond acceptors (Lipinski definition) is 8. The predicted molar refractivity (Wildman–Crippen MR) is 110 cm³/mol. The molecule has 1 N–H and O–H groups in total. The summed E-state index contributed by atoms with van der Waals surface area (Å²) in [6, 6.07) is 12.0. The molecule has 0 bridgehead atoms. The predicted octanol–water partition coefficient (Wildman–Crippen LogP) is 3.71. The fraction of sp³-hybridized carbons (Fsp3) is 0.250. The van der Waals surface area contributed by atoms with Gasteiger partial charge in [0.25, 0.3) is 0 Å². The summed E-state index contributed by atoms with van der Waals surface area (Å²) in [6.07, 6.45) is 5.06. The summed E-state index contributed by atoms with van der Waals surface area (Å²) in [6.45, 7) is 1.51. The van der Waals surface area contributed by atoms with Crippen molar-refractivity contribution in [2.24, 2.45) is 5.92 Å². The zero-order valence-corrected chi connectivity index (χ0v) is 16.6. The first-order valence-corrected chi connectivity index (χ1v) is 10.6. The highest BCUT2D eigenvalue weighted by Gasteiger charge is 2.21. The lowest BCUT2D eigenvalue weighted by Crippen LogP contribution is -2.33. The van der Waals surface area contributed by atoms with Gasteiger partial charge in [-0.25, -0.2) is 9.97 Å². The van der Waals surface area contributed by atoms with Gasteiger partial charge in [0, 0.05) is 53.9 Å². The Kier molecular flexibility index (Phi) is 5.37. The maximum absolute atomic E-state index is 12.8. The Labute approximate surface area is 173 Å². The van der Waals surface area contributed by atoms with E-state index in [0.717, 1.165) is 42.5 Å². The van der Waals surface area contributed by atoms with E-state index >= 15 is 0 Å². The maximum atomic E-state index is 12.8. The molecule has 3 aromatic rings. The van der Waals surface area contributed by atoms with Gasteiger partial charge >= 0.3 is 10.5 Å². The zero-order valence-electron chi connectivity index (χ0n) is 15.8. The highest BCUT2D eigenvalue weighted by atomic mass is 32.3. The number of aromatic nitrogens is 2. The summed E-state index contributed by atoms with van der Waals surface area (Å²) >= 11 is 0. The SMILES string of the molecule is N#CC1CCN(c2nccc3cnc(Nc4cccc(OS(=O)(=O)F)c4)cc23)CC1. The van der Waals surface area contributed by atoms with Crippen LogP contribution >= 0.6 is 0 Å². The summed E-state index contributed by atoms with van der Waals surface area (Å²) in [5.74, 6) is 1.28. The third kappa shape index (κ3) is 4.58. The number of piperidine rings is 1. The summed E-state index contributed by atoms with van der Waals surface area (Å²) in [7, 11) is -5.10. The molecule has 1 fully saturated rings. The first-order chi connectivity index (χ1) is 14.4. The van der Waals surface area contributed by atoms with Gasteiger partial charge < -0.3 is 14.4 Å². The normalized spacial score (nSPS) is 15.0. The number of anilines is 3. The topological polar surface area (TPSA) is 108 Å². The average molecular weight is 427 g/mol. The zero-order chi connectivity index (χ0) is 21.1. The molecular formula is C20H18FN5O3S. The highest BCUT2D eigenvalue weighted by molar-refractivity contribution is 7.81. The molecule has 0 atom stereocenters. The van der Waals surface area contributed by atoms with Crippen molar-refractivity contribution in [1.82, 2.24) is 9.97 Å². The Bertz CT molecular complexity index is 1220.